The van der Waals surface area contributed by atoms with Crippen molar-refractivity contribution in [3.8, 4) is 0 Å². The molecule has 2 fully saturated rings. The average molecular weight is 512 g/mol. The highest BCUT2D eigenvalue weighted by Gasteiger charge is 2.48. The molecule has 0 radical (unpaired) electrons. The molecule has 3 rings (SSSR count). The van der Waals surface area contributed by atoms with Gasteiger partial charge in [0.05, 0.1) is 4.90 Å². The zero-order valence-corrected chi connectivity index (χ0v) is 22.2. The van der Waals surface area contributed by atoms with Gasteiger partial charge in [0, 0.05) is 24.7 Å². The molecule has 0 aromatic heterocycles. The van der Waals surface area contributed by atoms with E-state index >= 15 is 0 Å². The molecule has 10 heteroatoms. The standard InChI is InChI=1S/C25H38FN3O5S/c1-24(2,3)13-21(29(23(31)32)25(4,5)6)22(30)27-20-12-7-16-14-28(15-19(16)20)35(33,34)18-10-8-17(26)9-11-18/h8-11,16,19-21H,7,12-15H2,1-6H3,(H,27,30)(H,31,32)/t16-,19+,20+,21+/m1/s1. The second-order valence-electron chi connectivity index (χ2n) is 12.0. The number of fused-ring (bicyclic) bond motifs is 1. The van der Waals surface area contributed by atoms with Crippen LogP contribution in [0.15, 0.2) is 29.2 Å². The van der Waals surface area contributed by atoms with Crippen LogP contribution in [0.2, 0.25) is 0 Å². The van der Waals surface area contributed by atoms with Gasteiger partial charge in [0.25, 0.3) is 0 Å². The molecule has 1 saturated heterocycles. The summed E-state index contributed by atoms with van der Waals surface area (Å²) >= 11 is 0. The number of halogens is 1. The van der Waals surface area contributed by atoms with Crippen LogP contribution in [0.3, 0.4) is 0 Å². The fourth-order valence-electron chi connectivity index (χ4n) is 5.40. The van der Waals surface area contributed by atoms with E-state index in [1.807, 2.05) is 20.8 Å². The van der Waals surface area contributed by atoms with E-state index < -0.39 is 33.5 Å². The Balaban J connectivity index is 1.77. The van der Waals surface area contributed by atoms with Crippen molar-refractivity contribution in [2.75, 3.05) is 13.1 Å². The minimum absolute atomic E-state index is 0.0481. The van der Waals surface area contributed by atoms with E-state index in [0.29, 0.717) is 13.0 Å². The molecule has 2 aliphatic rings. The Bertz CT molecular complexity index is 1050. The van der Waals surface area contributed by atoms with Crippen LogP contribution in [-0.2, 0) is 14.8 Å². The summed E-state index contributed by atoms with van der Waals surface area (Å²) in [5.74, 6) is -0.796. The first kappa shape index (κ1) is 27.4. The maximum absolute atomic E-state index is 13.5. The van der Waals surface area contributed by atoms with Crippen molar-refractivity contribution in [1.29, 1.82) is 0 Å². The molecule has 0 bridgehead atoms. The minimum Gasteiger partial charge on any atom is -0.465 e. The van der Waals surface area contributed by atoms with Gasteiger partial charge < -0.3 is 10.4 Å². The van der Waals surface area contributed by atoms with Gasteiger partial charge in [-0.3, -0.25) is 9.69 Å². The van der Waals surface area contributed by atoms with Crippen LogP contribution in [0.5, 0.6) is 0 Å². The Morgan fingerprint density at radius 3 is 2.23 bits per heavy atom. The molecule has 1 aromatic rings. The van der Waals surface area contributed by atoms with Gasteiger partial charge in [-0.25, -0.2) is 17.6 Å². The average Bonchev–Trinajstić information content (AvgIpc) is 3.28. The quantitative estimate of drug-likeness (QED) is 0.602. The lowest BCUT2D eigenvalue weighted by Crippen LogP contribution is -2.59. The van der Waals surface area contributed by atoms with Crippen LogP contribution in [0.1, 0.15) is 60.8 Å². The summed E-state index contributed by atoms with van der Waals surface area (Å²) in [6.45, 7) is 11.8. The van der Waals surface area contributed by atoms with Crippen molar-refractivity contribution in [2.24, 2.45) is 17.3 Å². The SMILES string of the molecule is CC(C)(C)C[C@@H](C(=O)N[C@H]1CC[C@@H]2CN(S(=O)(=O)c3ccc(F)cc3)C[C@@H]21)N(C(=O)O)C(C)(C)C. The van der Waals surface area contributed by atoms with Crippen LogP contribution in [0.4, 0.5) is 9.18 Å². The molecule has 1 saturated carbocycles. The molecule has 1 aromatic carbocycles. The van der Waals surface area contributed by atoms with Crippen molar-refractivity contribution in [3.63, 3.8) is 0 Å². The monoisotopic (exact) mass is 511 g/mol. The molecule has 4 atom stereocenters. The molecule has 0 unspecified atom stereocenters. The molecular formula is C25H38FN3O5S. The number of benzene rings is 1. The highest BCUT2D eigenvalue weighted by atomic mass is 32.2. The molecule has 1 aliphatic heterocycles. The first-order valence-corrected chi connectivity index (χ1v) is 13.5. The van der Waals surface area contributed by atoms with Crippen LogP contribution in [0, 0.1) is 23.1 Å². The van der Waals surface area contributed by atoms with Gasteiger partial charge in [0.2, 0.25) is 15.9 Å². The van der Waals surface area contributed by atoms with E-state index in [0.717, 1.165) is 25.0 Å². The Hall–Kier alpha value is -2.20. The van der Waals surface area contributed by atoms with Gasteiger partial charge >= 0.3 is 6.09 Å². The maximum Gasteiger partial charge on any atom is 0.408 e. The zero-order chi connectivity index (χ0) is 26.3. The molecular weight excluding hydrogens is 473 g/mol. The number of nitrogens with zero attached hydrogens (tertiary/aromatic N) is 2. The number of hydrogen-bond acceptors (Lipinski definition) is 4. The van der Waals surface area contributed by atoms with Gasteiger partial charge in [0.15, 0.2) is 0 Å². The number of amides is 2. The molecule has 0 spiro atoms. The van der Waals surface area contributed by atoms with Crippen LogP contribution >= 0.6 is 0 Å². The largest absolute Gasteiger partial charge is 0.465 e. The van der Waals surface area contributed by atoms with E-state index in [9.17, 15) is 27.5 Å². The third-order valence-electron chi connectivity index (χ3n) is 6.95. The molecule has 8 nitrogen and oxygen atoms in total. The number of carbonyl (C=O) groups excluding carboxylic acids is 1. The van der Waals surface area contributed by atoms with E-state index in [1.54, 1.807) is 20.8 Å². The summed E-state index contributed by atoms with van der Waals surface area (Å²) in [5, 5.41) is 13.0. The van der Waals surface area contributed by atoms with Gasteiger partial charge in [-0.05, 0) is 81.5 Å². The van der Waals surface area contributed by atoms with Crippen molar-refractivity contribution in [2.45, 2.75) is 83.3 Å². The fraction of sp³-hybridized carbons (Fsp3) is 0.680. The van der Waals surface area contributed by atoms with Crippen LogP contribution < -0.4 is 5.32 Å². The second-order valence-corrected chi connectivity index (χ2v) is 13.9. The lowest BCUT2D eigenvalue weighted by atomic mass is 9.85. The van der Waals surface area contributed by atoms with E-state index in [2.05, 4.69) is 5.32 Å². The Kier molecular flexibility index (Phi) is 7.58. The summed E-state index contributed by atoms with van der Waals surface area (Å²) in [4.78, 5) is 26.9. The Morgan fingerprint density at radius 2 is 1.71 bits per heavy atom. The first-order valence-electron chi connectivity index (χ1n) is 12.1. The lowest BCUT2D eigenvalue weighted by Gasteiger charge is -2.41. The van der Waals surface area contributed by atoms with Crippen LogP contribution in [0.25, 0.3) is 0 Å². The fourth-order valence-corrected chi connectivity index (χ4v) is 6.94. The number of carbonyl (C=O) groups is 2. The predicted molar refractivity (Wildman–Crippen MR) is 131 cm³/mol. The normalized spacial score (nSPS) is 24.1. The van der Waals surface area contributed by atoms with Crippen LogP contribution in [-0.4, -0.2) is 65.4 Å². The van der Waals surface area contributed by atoms with Crippen molar-refractivity contribution in [1.82, 2.24) is 14.5 Å². The second kappa shape index (κ2) is 9.69. The van der Waals surface area contributed by atoms with Crippen molar-refractivity contribution in [3.05, 3.63) is 30.1 Å². The van der Waals surface area contributed by atoms with Crippen molar-refractivity contribution >= 4 is 22.0 Å². The number of rotatable bonds is 6. The van der Waals surface area contributed by atoms with Crippen molar-refractivity contribution < 1.29 is 27.5 Å². The minimum atomic E-state index is -3.77. The summed E-state index contributed by atoms with van der Waals surface area (Å²) in [5.41, 5.74) is -1.06. The summed E-state index contributed by atoms with van der Waals surface area (Å²) in [6, 6.07) is 3.69. The number of hydrogen-bond donors (Lipinski definition) is 2. The number of sulfonamides is 1. The molecule has 35 heavy (non-hydrogen) atoms. The highest BCUT2D eigenvalue weighted by Crippen LogP contribution is 2.40. The molecule has 1 aliphatic carbocycles. The topological polar surface area (TPSA) is 107 Å². The smallest absolute Gasteiger partial charge is 0.408 e. The molecule has 196 valence electrons. The van der Waals surface area contributed by atoms with E-state index in [-0.39, 0.29) is 40.6 Å². The Morgan fingerprint density at radius 1 is 1.11 bits per heavy atom. The van der Waals surface area contributed by atoms with Gasteiger partial charge in [-0.15, -0.1) is 0 Å². The molecule has 2 N–H and O–H groups in total. The van der Waals surface area contributed by atoms with E-state index in [4.69, 9.17) is 0 Å². The zero-order valence-electron chi connectivity index (χ0n) is 21.4. The summed E-state index contributed by atoms with van der Waals surface area (Å²) < 4.78 is 40.9. The van der Waals surface area contributed by atoms with Gasteiger partial charge in [-0.1, -0.05) is 20.8 Å². The number of carboxylic acid groups (broad SMARTS) is 1. The molecule has 2 amide bonds. The summed E-state index contributed by atoms with van der Waals surface area (Å²) in [7, 11) is -3.77. The highest BCUT2D eigenvalue weighted by molar-refractivity contribution is 7.89. The first-order chi connectivity index (χ1) is 16.0. The third kappa shape index (κ3) is 6.14. The third-order valence-corrected chi connectivity index (χ3v) is 8.80. The van der Waals surface area contributed by atoms with Gasteiger partial charge in [0.1, 0.15) is 11.9 Å². The van der Waals surface area contributed by atoms with E-state index in [1.165, 1.54) is 21.3 Å². The van der Waals surface area contributed by atoms with Gasteiger partial charge in [-0.2, -0.15) is 4.31 Å². The molecule has 1 heterocycles. The predicted octanol–water partition coefficient (Wildman–Crippen LogP) is 3.92. The Labute approximate surface area is 207 Å². The number of nitrogens with one attached hydrogen (secondary N) is 1. The maximum atomic E-state index is 13.5. The summed E-state index contributed by atoms with van der Waals surface area (Å²) in [6.07, 6.45) is 0.699. The lowest BCUT2D eigenvalue weighted by molar-refractivity contribution is -0.129.